The van der Waals surface area contributed by atoms with Crippen molar-refractivity contribution in [2.75, 3.05) is 19.1 Å². The molecule has 1 saturated heterocycles. The van der Waals surface area contributed by atoms with Gasteiger partial charge in [0.15, 0.2) is 16.6 Å². The summed E-state index contributed by atoms with van der Waals surface area (Å²) in [7, 11) is 3.09. The Balaban J connectivity index is 1.65. The highest BCUT2D eigenvalue weighted by molar-refractivity contribution is 7.80. The zero-order valence-electron chi connectivity index (χ0n) is 15.6. The lowest BCUT2D eigenvalue weighted by Gasteiger charge is -2.31. The number of fused-ring (bicyclic) bond motifs is 2. The Morgan fingerprint density at radius 3 is 2.17 bits per heavy atom. The molecule has 0 bridgehead atoms. The van der Waals surface area contributed by atoms with Crippen molar-refractivity contribution in [2.24, 2.45) is 0 Å². The molecule has 0 aromatic heterocycles. The molecule has 0 radical (unpaired) electrons. The second-order valence-electron chi connectivity index (χ2n) is 6.82. The van der Waals surface area contributed by atoms with Crippen LogP contribution in [-0.4, -0.2) is 36.2 Å². The van der Waals surface area contributed by atoms with Crippen LogP contribution in [-0.2, 0) is 23.9 Å². The lowest BCUT2D eigenvalue weighted by atomic mass is 9.94. The number of carbonyl (C=O) groups excluding carboxylic acids is 1. The fourth-order valence-corrected chi connectivity index (χ4v) is 4.13. The molecule has 2 aromatic carbocycles. The summed E-state index contributed by atoms with van der Waals surface area (Å²) in [4.78, 5) is 16.1. The van der Waals surface area contributed by atoms with Crippen molar-refractivity contribution < 1.29 is 27.4 Å². The molecule has 9 heteroatoms. The molecule has 1 amide bonds. The summed E-state index contributed by atoms with van der Waals surface area (Å²) in [5.74, 6) is 0.906. The third kappa shape index (κ3) is 3.19. The SMILES string of the molecule is COc1cc2c(cc1OC)CN1C(=S)N(c3ccc(C(F)(F)F)cc3)C(=O)[C@@H]1C2. The number of thiocarbonyl (C=S) groups is 1. The maximum atomic E-state index is 13.0. The van der Waals surface area contributed by atoms with Gasteiger partial charge < -0.3 is 14.4 Å². The maximum Gasteiger partial charge on any atom is 0.416 e. The van der Waals surface area contributed by atoms with E-state index in [1.165, 1.54) is 17.0 Å². The summed E-state index contributed by atoms with van der Waals surface area (Å²) in [5.41, 5.74) is 1.46. The van der Waals surface area contributed by atoms with Gasteiger partial charge >= 0.3 is 6.18 Å². The minimum atomic E-state index is -4.44. The number of alkyl halides is 3. The number of ether oxygens (including phenoxy) is 2. The van der Waals surface area contributed by atoms with Crippen molar-refractivity contribution in [3.05, 3.63) is 53.1 Å². The average molecular weight is 422 g/mol. The van der Waals surface area contributed by atoms with E-state index >= 15 is 0 Å². The predicted molar refractivity (Wildman–Crippen MR) is 104 cm³/mol. The molecule has 0 unspecified atom stereocenters. The quantitative estimate of drug-likeness (QED) is 0.705. The van der Waals surface area contributed by atoms with E-state index in [-0.39, 0.29) is 11.0 Å². The van der Waals surface area contributed by atoms with Crippen LogP contribution in [0.1, 0.15) is 16.7 Å². The van der Waals surface area contributed by atoms with Gasteiger partial charge in [-0.25, -0.2) is 0 Å². The van der Waals surface area contributed by atoms with Gasteiger partial charge in [0.25, 0.3) is 5.91 Å². The Morgan fingerprint density at radius 2 is 1.62 bits per heavy atom. The van der Waals surface area contributed by atoms with Gasteiger partial charge in [0.1, 0.15) is 6.04 Å². The molecular formula is C20H17F3N2O3S. The number of nitrogens with zero attached hydrogens (tertiary/aromatic N) is 2. The third-order valence-corrected chi connectivity index (χ3v) is 5.65. The molecule has 0 N–H and O–H groups in total. The van der Waals surface area contributed by atoms with Crippen LogP contribution in [0.4, 0.5) is 18.9 Å². The zero-order chi connectivity index (χ0) is 20.9. The van der Waals surface area contributed by atoms with Gasteiger partial charge in [-0.15, -0.1) is 0 Å². The standard InChI is InChI=1S/C20H17F3N2O3S/c1-27-16-8-11-7-15-18(26)25(14-5-3-13(4-6-14)20(21,22)23)19(29)24(15)10-12(11)9-17(16)28-2/h3-6,8-9,15H,7,10H2,1-2H3/t15-/m0/s1. The molecule has 0 aliphatic carbocycles. The molecule has 2 aliphatic rings. The Kier molecular flexibility index (Phi) is 4.65. The molecule has 5 nitrogen and oxygen atoms in total. The van der Waals surface area contributed by atoms with Crippen molar-refractivity contribution in [1.29, 1.82) is 0 Å². The summed E-state index contributed by atoms with van der Waals surface area (Å²) in [6.07, 6.45) is -4.02. The van der Waals surface area contributed by atoms with E-state index in [1.807, 2.05) is 12.1 Å². The molecule has 152 valence electrons. The van der Waals surface area contributed by atoms with Crippen LogP contribution < -0.4 is 14.4 Å². The lowest BCUT2D eigenvalue weighted by molar-refractivity contribution is -0.137. The molecule has 1 fully saturated rings. The summed E-state index contributed by atoms with van der Waals surface area (Å²) >= 11 is 5.50. The summed E-state index contributed by atoms with van der Waals surface area (Å²) in [6.45, 7) is 0.405. The van der Waals surface area contributed by atoms with Gasteiger partial charge in [-0.2, -0.15) is 13.2 Å². The van der Waals surface area contributed by atoms with Gasteiger partial charge in [-0.05, 0) is 59.7 Å². The Morgan fingerprint density at radius 1 is 1.03 bits per heavy atom. The lowest BCUT2D eigenvalue weighted by Crippen LogP contribution is -2.40. The van der Waals surface area contributed by atoms with Crippen molar-refractivity contribution in [3.63, 3.8) is 0 Å². The maximum absolute atomic E-state index is 13.0. The number of halogens is 3. The topological polar surface area (TPSA) is 42.0 Å². The van der Waals surface area contributed by atoms with Crippen molar-refractivity contribution in [2.45, 2.75) is 25.2 Å². The van der Waals surface area contributed by atoms with Crippen LogP contribution in [0.15, 0.2) is 36.4 Å². The first kappa shape index (κ1) is 19.5. The van der Waals surface area contributed by atoms with Crippen LogP contribution in [0, 0.1) is 0 Å². The molecule has 4 rings (SSSR count). The first-order chi connectivity index (χ1) is 13.7. The number of rotatable bonds is 3. The highest BCUT2D eigenvalue weighted by Crippen LogP contribution is 2.38. The van der Waals surface area contributed by atoms with Gasteiger partial charge in [0.05, 0.1) is 25.5 Å². The number of hydrogen-bond acceptors (Lipinski definition) is 4. The van der Waals surface area contributed by atoms with Gasteiger partial charge in [-0.3, -0.25) is 9.69 Å². The van der Waals surface area contributed by atoms with Crippen LogP contribution >= 0.6 is 12.2 Å². The van der Waals surface area contributed by atoms with Crippen molar-refractivity contribution in [3.8, 4) is 11.5 Å². The zero-order valence-corrected chi connectivity index (χ0v) is 16.4. The molecule has 2 aliphatic heterocycles. The molecule has 1 atom stereocenters. The molecule has 2 aromatic rings. The van der Waals surface area contributed by atoms with Crippen LogP contribution in [0.5, 0.6) is 11.5 Å². The molecule has 2 heterocycles. The van der Waals surface area contributed by atoms with Crippen LogP contribution in [0.3, 0.4) is 0 Å². The van der Waals surface area contributed by atoms with E-state index in [9.17, 15) is 18.0 Å². The minimum Gasteiger partial charge on any atom is -0.493 e. The fourth-order valence-electron chi connectivity index (χ4n) is 3.74. The highest BCUT2D eigenvalue weighted by atomic mass is 32.1. The summed E-state index contributed by atoms with van der Waals surface area (Å²) < 4.78 is 49.2. The van der Waals surface area contributed by atoms with E-state index in [2.05, 4.69) is 0 Å². The van der Waals surface area contributed by atoms with E-state index in [0.29, 0.717) is 30.2 Å². The van der Waals surface area contributed by atoms with E-state index in [0.717, 1.165) is 23.3 Å². The third-order valence-electron chi connectivity index (χ3n) is 5.23. The largest absolute Gasteiger partial charge is 0.493 e. The van der Waals surface area contributed by atoms with Crippen LogP contribution in [0.25, 0.3) is 0 Å². The molecular weight excluding hydrogens is 405 g/mol. The number of carbonyl (C=O) groups is 1. The van der Waals surface area contributed by atoms with E-state index in [4.69, 9.17) is 21.7 Å². The average Bonchev–Trinajstić information content (AvgIpc) is 2.94. The second kappa shape index (κ2) is 6.91. The number of hydrogen-bond donors (Lipinski definition) is 0. The smallest absolute Gasteiger partial charge is 0.416 e. The highest BCUT2D eigenvalue weighted by Gasteiger charge is 2.45. The Bertz CT molecular complexity index is 941. The molecule has 0 spiro atoms. The Labute approximate surface area is 170 Å². The Hall–Kier alpha value is -2.81. The number of anilines is 1. The number of benzene rings is 2. The van der Waals surface area contributed by atoms with Crippen molar-refractivity contribution >= 4 is 28.9 Å². The first-order valence-electron chi connectivity index (χ1n) is 8.80. The number of methoxy groups -OCH3 is 2. The predicted octanol–water partition coefficient (Wildman–Crippen LogP) is 3.78. The minimum absolute atomic E-state index is 0.254. The van der Waals surface area contributed by atoms with Crippen molar-refractivity contribution in [1.82, 2.24) is 4.90 Å². The van der Waals surface area contributed by atoms with E-state index in [1.54, 1.807) is 19.1 Å². The van der Waals surface area contributed by atoms with Gasteiger partial charge in [0.2, 0.25) is 0 Å². The first-order valence-corrected chi connectivity index (χ1v) is 9.21. The van der Waals surface area contributed by atoms with E-state index < -0.39 is 17.8 Å². The monoisotopic (exact) mass is 422 g/mol. The van der Waals surface area contributed by atoms with Crippen LogP contribution in [0.2, 0.25) is 0 Å². The summed E-state index contributed by atoms with van der Waals surface area (Å²) in [5, 5.41) is 0.278. The van der Waals surface area contributed by atoms with Gasteiger partial charge in [-0.1, -0.05) is 0 Å². The molecule has 0 saturated carbocycles. The van der Waals surface area contributed by atoms with Gasteiger partial charge in [0, 0.05) is 13.0 Å². The number of amides is 1. The fraction of sp³-hybridized carbons (Fsp3) is 0.300. The summed E-state index contributed by atoms with van der Waals surface area (Å²) in [6, 6.07) is 7.64. The second-order valence-corrected chi connectivity index (χ2v) is 7.19. The normalized spacial score (nSPS) is 18.6. The molecule has 29 heavy (non-hydrogen) atoms.